The molecular weight excluding hydrogens is 446 g/mol. The molecule has 0 aliphatic heterocycles. The molecule has 0 radical (unpaired) electrons. The van der Waals surface area contributed by atoms with E-state index in [1.165, 1.54) is 48.5 Å². The summed E-state index contributed by atoms with van der Waals surface area (Å²) in [7, 11) is -8.01. The zero-order chi connectivity index (χ0) is 21.2. The van der Waals surface area contributed by atoms with E-state index in [0.717, 1.165) is 6.07 Å². The number of benzene rings is 3. The van der Waals surface area contributed by atoms with Gasteiger partial charge in [0.15, 0.2) is 11.6 Å². The summed E-state index contributed by atoms with van der Waals surface area (Å²) in [6.07, 6.45) is 0. The highest BCUT2D eigenvalue weighted by molar-refractivity contribution is 7.93. The van der Waals surface area contributed by atoms with Crippen molar-refractivity contribution in [3.63, 3.8) is 0 Å². The average molecular weight is 459 g/mol. The SMILES string of the molecule is O=S(=O)(Nc1ccc(NS(=O)(=O)c2ccc(F)c(F)c2)cc1)c1ccc(Cl)cc1. The third-order valence-electron chi connectivity index (χ3n) is 3.71. The van der Waals surface area contributed by atoms with Gasteiger partial charge in [0.2, 0.25) is 0 Å². The highest BCUT2D eigenvalue weighted by Crippen LogP contribution is 2.22. The molecule has 0 spiro atoms. The van der Waals surface area contributed by atoms with Gasteiger partial charge in [-0.25, -0.2) is 25.6 Å². The highest BCUT2D eigenvalue weighted by atomic mass is 35.5. The molecule has 0 heterocycles. The molecular formula is C18H13ClF2N2O4S2. The minimum absolute atomic E-state index is 0.00464. The molecule has 0 unspecified atom stereocenters. The van der Waals surface area contributed by atoms with Crippen LogP contribution in [0.4, 0.5) is 20.2 Å². The fourth-order valence-electron chi connectivity index (χ4n) is 2.29. The van der Waals surface area contributed by atoms with Gasteiger partial charge in [-0.05, 0) is 66.7 Å². The molecule has 3 aromatic rings. The van der Waals surface area contributed by atoms with Crippen LogP contribution in [0.1, 0.15) is 0 Å². The number of hydrogen-bond donors (Lipinski definition) is 2. The molecule has 3 aromatic carbocycles. The van der Waals surface area contributed by atoms with Gasteiger partial charge >= 0.3 is 0 Å². The van der Waals surface area contributed by atoms with Crippen LogP contribution in [0.5, 0.6) is 0 Å². The maximum Gasteiger partial charge on any atom is 0.261 e. The second kappa shape index (κ2) is 7.97. The van der Waals surface area contributed by atoms with Gasteiger partial charge in [-0.1, -0.05) is 11.6 Å². The van der Waals surface area contributed by atoms with Gasteiger partial charge in [0.05, 0.1) is 9.79 Å². The summed E-state index contributed by atoms with van der Waals surface area (Å²) in [4.78, 5) is -0.450. The minimum atomic E-state index is -4.16. The number of halogens is 3. The van der Waals surface area contributed by atoms with Gasteiger partial charge in [-0.2, -0.15) is 0 Å². The molecule has 0 saturated heterocycles. The zero-order valence-corrected chi connectivity index (χ0v) is 16.8. The molecule has 0 aliphatic rings. The number of sulfonamides is 2. The van der Waals surface area contributed by atoms with Crippen molar-refractivity contribution >= 4 is 43.0 Å². The smallest absolute Gasteiger partial charge is 0.261 e. The van der Waals surface area contributed by atoms with Crippen LogP contribution in [0, 0.1) is 11.6 Å². The molecule has 0 fully saturated rings. The first-order valence-electron chi connectivity index (χ1n) is 7.93. The second-order valence-electron chi connectivity index (χ2n) is 5.82. The minimum Gasteiger partial charge on any atom is -0.280 e. The maximum absolute atomic E-state index is 13.3. The van der Waals surface area contributed by atoms with E-state index in [1.807, 2.05) is 0 Å². The number of nitrogens with one attached hydrogen (secondary N) is 2. The molecule has 2 N–H and O–H groups in total. The number of anilines is 2. The first kappa shape index (κ1) is 21.0. The number of hydrogen-bond acceptors (Lipinski definition) is 4. The van der Waals surface area contributed by atoms with E-state index < -0.39 is 36.6 Å². The van der Waals surface area contributed by atoms with Gasteiger partial charge in [0.25, 0.3) is 20.0 Å². The van der Waals surface area contributed by atoms with Crippen molar-refractivity contribution in [1.82, 2.24) is 0 Å². The third-order valence-corrected chi connectivity index (χ3v) is 6.74. The maximum atomic E-state index is 13.3. The molecule has 0 aliphatic carbocycles. The van der Waals surface area contributed by atoms with Gasteiger partial charge in [0.1, 0.15) is 0 Å². The first-order chi connectivity index (χ1) is 13.6. The van der Waals surface area contributed by atoms with Crippen LogP contribution in [-0.2, 0) is 20.0 Å². The van der Waals surface area contributed by atoms with Crippen molar-refractivity contribution in [2.24, 2.45) is 0 Å². The Morgan fingerprint density at radius 1 is 0.621 bits per heavy atom. The molecule has 0 atom stereocenters. The van der Waals surface area contributed by atoms with Crippen LogP contribution in [0.3, 0.4) is 0 Å². The summed E-state index contributed by atoms with van der Waals surface area (Å²) >= 11 is 5.74. The van der Waals surface area contributed by atoms with Gasteiger partial charge < -0.3 is 0 Å². The summed E-state index contributed by atoms with van der Waals surface area (Å²) in [6.45, 7) is 0. The standard InChI is InChI=1S/C18H13ClF2N2O4S2/c19-12-1-7-15(8-2-12)28(24,25)22-13-3-5-14(6-4-13)23-29(26,27)16-9-10-17(20)18(21)11-16/h1-11,22-23H. The van der Waals surface area contributed by atoms with Crippen molar-refractivity contribution < 1.29 is 25.6 Å². The van der Waals surface area contributed by atoms with Crippen molar-refractivity contribution in [3.8, 4) is 0 Å². The fraction of sp³-hybridized carbons (Fsp3) is 0. The predicted octanol–water partition coefficient (Wildman–Crippen LogP) is 4.22. The lowest BCUT2D eigenvalue weighted by molar-refractivity contribution is 0.504. The molecule has 0 bridgehead atoms. The molecule has 0 saturated carbocycles. The monoisotopic (exact) mass is 458 g/mol. The quantitative estimate of drug-likeness (QED) is 0.578. The van der Waals surface area contributed by atoms with E-state index in [0.29, 0.717) is 17.2 Å². The number of rotatable bonds is 6. The molecule has 29 heavy (non-hydrogen) atoms. The topological polar surface area (TPSA) is 92.3 Å². The second-order valence-corrected chi connectivity index (χ2v) is 9.62. The van der Waals surface area contributed by atoms with Crippen LogP contribution < -0.4 is 9.44 Å². The van der Waals surface area contributed by atoms with Crippen molar-refractivity contribution in [3.05, 3.63) is 83.4 Å². The Balaban J connectivity index is 1.76. The molecule has 0 aromatic heterocycles. The predicted molar refractivity (Wildman–Crippen MR) is 106 cm³/mol. The molecule has 6 nitrogen and oxygen atoms in total. The Morgan fingerprint density at radius 3 is 1.55 bits per heavy atom. The van der Waals surface area contributed by atoms with Crippen LogP contribution >= 0.6 is 11.6 Å². The summed E-state index contributed by atoms with van der Waals surface area (Å²) < 4.78 is 80.0. The van der Waals surface area contributed by atoms with Crippen molar-refractivity contribution in [2.45, 2.75) is 9.79 Å². The lowest BCUT2D eigenvalue weighted by atomic mass is 10.3. The van der Waals surface area contributed by atoms with E-state index >= 15 is 0 Å². The molecule has 3 rings (SSSR count). The van der Waals surface area contributed by atoms with Gasteiger partial charge in [-0.15, -0.1) is 0 Å². The Kier molecular flexibility index (Phi) is 5.78. The van der Waals surface area contributed by atoms with Crippen molar-refractivity contribution in [2.75, 3.05) is 9.44 Å². The average Bonchev–Trinajstić information content (AvgIpc) is 2.65. The van der Waals surface area contributed by atoms with Gasteiger partial charge in [0, 0.05) is 16.4 Å². The van der Waals surface area contributed by atoms with E-state index in [2.05, 4.69) is 9.44 Å². The first-order valence-corrected chi connectivity index (χ1v) is 11.3. The molecule has 152 valence electrons. The van der Waals surface area contributed by atoms with Crippen LogP contribution in [0.2, 0.25) is 5.02 Å². The Bertz CT molecular complexity index is 1250. The zero-order valence-electron chi connectivity index (χ0n) is 14.4. The van der Waals surface area contributed by atoms with E-state index in [-0.39, 0.29) is 16.3 Å². The lowest BCUT2D eigenvalue weighted by Gasteiger charge is -2.11. The summed E-state index contributed by atoms with van der Waals surface area (Å²) in [5.74, 6) is -2.46. The summed E-state index contributed by atoms with van der Waals surface area (Å²) in [6, 6.07) is 13.1. The Morgan fingerprint density at radius 2 is 1.07 bits per heavy atom. The van der Waals surface area contributed by atoms with E-state index in [4.69, 9.17) is 11.6 Å². The molecule has 11 heteroatoms. The van der Waals surface area contributed by atoms with Crippen LogP contribution in [0.25, 0.3) is 0 Å². The van der Waals surface area contributed by atoms with Crippen LogP contribution in [0.15, 0.2) is 76.5 Å². The van der Waals surface area contributed by atoms with E-state index in [9.17, 15) is 25.6 Å². The third kappa shape index (κ3) is 5.03. The molecule has 0 amide bonds. The largest absolute Gasteiger partial charge is 0.280 e. The Hall–Kier alpha value is -2.69. The summed E-state index contributed by atoms with van der Waals surface area (Å²) in [5, 5.41) is 0.390. The highest BCUT2D eigenvalue weighted by Gasteiger charge is 2.17. The van der Waals surface area contributed by atoms with Gasteiger partial charge in [-0.3, -0.25) is 9.44 Å². The Labute approximate surface area is 171 Å². The van der Waals surface area contributed by atoms with Crippen LogP contribution in [-0.4, -0.2) is 16.8 Å². The normalized spacial score (nSPS) is 11.8. The summed E-state index contributed by atoms with van der Waals surface area (Å²) in [5.41, 5.74) is 0.292. The van der Waals surface area contributed by atoms with E-state index in [1.54, 1.807) is 0 Å². The van der Waals surface area contributed by atoms with Crippen molar-refractivity contribution in [1.29, 1.82) is 0 Å². The fourth-order valence-corrected chi connectivity index (χ4v) is 4.55. The lowest BCUT2D eigenvalue weighted by Crippen LogP contribution is -2.14.